The van der Waals surface area contributed by atoms with Crippen molar-refractivity contribution in [3.8, 4) is 17.2 Å². The molecule has 0 saturated carbocycles. The van der Waals surface area contributed by atoms with E-state index in [1.54, 1.807) is 0 Å². The molecule has 0 saturated heterocycles. The molecule has 4 nitrogen and oxygen atoms in total. The first kappa shape index (κ1) is 66.7. The van der Waals surface area contributed by atoms with Gasteiger partial charge in [0.05, 0.1) is 20.1 Å². The molecular formula is C95H99BNO3+. The smallest absolute Gasteiger partial charge is 0.489 e. The Balaban J connectivity index is 0.860. The van der Waals surface area contributed by atoms with Crippen LogP contribution in [0.15, 0.2) is 231 Å². The summed E-state index contributed by atoms with van der Waals surface area (Å²) in [6, 6.07) is 85.8. The Morgan fingerprint density at radius 3 is 0.840 bits per heavy atom. The summed E-state index contributed by atoms with van der Waals surface area (Å²) in [6.45, 7) is 6.64. The van der Waals surface area contributed by atoms with Gasteiger partial charge < -0.3 is 14.0 Å². The van der Waals surface area contributed by atoms with Gasteiger partial charge in [0.1, 0.15) is 11.5 Å². The van der Waals surface area contributed by atoms with Gasteiger partial charge in [-0.2, -0.15) is 0 Å². The third kappa shape index (κ3) is 14.7. The number of hydrogen-bond acceptors (Lipinski definition) is 3. The molecule has 0 unspecified atom stereocenters. The summed E-state index contributed by atoms with van der Waals surface area (Å²) in [5, 5.41) is 28.2. The van der Waals surface area contributed by atoms with Gasteiger partial charge >= 0.3 is 7.32 Å². The first-order valence-corrected chi connectivity index (χ1v) is 38.6. The van der Waals surface area contributed by atoms with Crippen molar-refractivity contribution >= 4 is 142 Å². The van der Waals surface area contributed by atoms with Crippen molar-refractivity contribution in [3.05, 3.63) is 231 Å². The molecule has 0 heterocycles. The summed E-state index contributed by atoms with van der Waals surface area (Å²) < 4.78 is 24.1. The van der Waals surface area contributed by atoms with Gasteiger partial charge in [0, 0.05) is 22.2 Å². The van der Waals surface area contributed by atoms with E-state index >= 15 is 0 Å². The lowest BCUT2D eigenvalue weighted by molar-refractivity contribution is 0.286. The normalized spacial score (nSPS) is 12.2. The van der Waals surface area contributed by atoms with Gasteiger partial charge in [-0.05, 0) is 230 Å². The van der Waals surface area contributed by atoms with Gasteiger partial charge in [-0.3, -0.25) is 4.48 Å². The van der Waals surface area contributed by atoms with Crippen molar-refractivity contribution in [3.63, 3.8) is 0 Å². The number of benzene rings is 15. The molecule has 100 heavy (non-hydrogen) atoms. The van der Waals surface area contributed by atoms with Crippen molar-refractivity contribution in [2.45, 2.75) is 168 Å². The first-order chi connectivity index (χ1) is 49.3. The predicted molar refractivity (Wildman–Crippen MR) is 437 cm³/mol. The van der Waals surface area contributed by atoms with E-state index in [0.717, 1.165) is 68.5 Å². The summed E-state index contributed by atoms with van der Waals surface area (Å²) in [4.78, 5) is 0. The highest BCUT2D eigenvalue weighted by atomic mass is 16.7. The van der Waals surface area contributed by atoms with Crippen LogP contribution in [0.2, 0.25) is 0 Å². The standard InChI is InChI=1S/C95H99BNO3/c1-4-6-8-10-12-14-16-18-20-22-24-32-54-97(3,55-33-25-23-21-19-17-15-13-11-9-7-5-2)92-53-52-82-61-81-51-48-78-58-70-38-28-31-41-73(70)64-85(78)88(81)67-91(82)95(92)100-96(98-93-44-34-42-74-59-79-49-46-76-56-68-36-26-29-39-71(68)62-83(76)86(79)65-89(74)93)99-94-45-35-43-75-60-80-50-47-77-57-69-37-27-30-40-72(69)63-84(77)87(80)66-90(75)94/h26-31,34-53,56-67H,4-25,32-33,54-55H2,1-3H3/q+1. The van der Waals surface area contributed by atoms with Crippen LogP contribution in [0, 0.1) is 0 Å². The average Bonchev–Trinajstić information content (AvgIpc) is 0.752. The summed E-state index contributed by atoms with van der Waals surface area (Å²) >= 11 is 0. The largest absolute Gasteiger partial charge is 0.864 e. The zero-order valence-electron chi connectivity index (χ0n) is 59.6. The van der Waals surface area contributed by atoms with E-state index in [2.05, 4.69) is 251 Å². The molecule has 0 amide bonds. The lowest BCUT2D eigenvalue weighted by atomic mass is 9.94. The van der Waals surface area contributed by atoms with Crippen LogP contribution in [-0.4, -0.2) is 27.5 Å². The van der Waals surface area contributed by atoms with Crippen molar-refractivity contribution in [1.29, 1.82) is 0 Å². The highest BCUT2D eigenvalue weighted by Crippen LogP contribution is 2.45. The van der Waals surface area contributed by atoms with Gasteiger partial charge in [-0.1, -0.05) is 276 Å². The molecule has 0 aliphatic rings. The fraction of sp³-hybridized carbons (Fsp3) is 0.305. The molecule has 5 heteroatoms. The SMILES string of the molecule is CCCCCCCCCCCCCC[N+](C)(CCCCCCCCCCCCCC)c1ccc2cc3ccc4cc5ccccc5cc4c3cc2c1OB(Oc1cccc2cc3ccc4cc5ccccc5cc4c3cc12)Oc1cccc2cc3ccc4cc5ccccc5cc4c3cc12. The van der Waals surface area contributed by atoms with E-state index in [9.17, 15) is 0 Å². The van der Waals surface area contributed by atoms with Crippen LogP contribution in [0.5, 0.6) is 17.2 Å². The van der Waals surface area contributed by atoms with Crippen LogP contribution in [0.1, 0.15) is 168 Å². The third-order valence-corrected chi connectivity index (χ3v) is 22.3. The summed E-state index contributed by atoms with van der Waals surface area (Å²) in [6.07, 6.45) is 31.7. The fourth-order valence-electron chi connectivity index (χ4n) is 16.6. The van der Waals surface area contributed by atoms with Crippen molar-refractivity contribution in [2.24, 2.45) is 0 Å². The van der Waals surface area contributed by atoms with Crippen molar-refractivity contribution < 1.29 is 14.0 Å². The van der Waals surface area contributed by atoms with E-state index in [-0.39, 0.29) is 0 Å². The molecule has 0 atom stereocenters. The molecule has 0 N–H and O–H groups in total. The van der Waals surface area contributed by atoms with Crippen LogP contribution in [0.3, 0.4) is 0 Å². The van der Waals surface area contributed by atoms with E-state index in [1.807, 2.05) is 0 Å². The third-order valence-electron chi connectivity index (χ3n) is 22.3. The maximum Gasteiger partial charge on any atom is 0.864 e. The molecular weight excluding hydrogens is 1210 g/mol. The first-order valence-electron chi connectivity index (χ1n) is 38.6. The molecule has 0 bridgehead atoms. The lowest BCUT2D eigenvalue weighted by Gasteiger charge is -2.36. The number of rotatable bonds is 33. The van der Waals surface area contributed by atoms with Crippen LogP contribution >= 0.6 is 0 Å². The Kier molecular flexibility index (Phi) is 20.8. The molecule has 0 aliphatic carbocycles. The Bertz CT molecular complexity index is 5170. The number of quaternary nitrogens is 1. The Hall–Kier alpha value is -9.16. The molecule has 504 valence electrons. The molecule has 15 aromatic carbocycles. The highest BCUT2D eigenvalue weighted by molar-refractivity contribution is 6.41. The van der Waals surface area contributed by atoms with Crippen LogP contribution in [-0.2, 0) is 0 Å². The summed E-state index contributed by atoms with van der Waals surface area (Å²) in [5.74, 6) is 2.21. The molecule has 0 radical (unpaired) electrons. The quantitative estimate of drug-likeness (QED) is 0.0135. The molecule has 15 rings (SSSR count). The van der Waals surface area contributed by atoms with Crippen molar-refractivity contribution in [2.75, 3.05) is 20.1 Å². The predicted octanol–water partition coefficient (Wildman–Crippen LogP) is 28.4. The fourth-order valence-corrected chi connectivity index (χ4v) is 16.6. The van der Waals surface area contributed by atoms with E-state index < -0.39 is 7.32 Å². The molecule has 0 spiro atoms. The van der Waals surface area contributed by atoms with E-state index in [1.165, 1.54) is 244 Å². The van der Waals surface area contributed by atoms with E-state index in [4.69, 9.17) is 14.0 Å². The Morgan fingerprint density at radius 2 is 0.490 bits per heavy atom. The van der Waals surface area contributed by atoms with Crippen LogP contribution in [0.25, 0.3) is 129 Å². The van der Waals surface area contributed by atoms with Gasteiger partial charge in [-0.25, -0.2) is 0 Å². The average molecular weight is 1310 g/mol. The van der Waals surface area contributed by atoms with Crippen LogP contribution in [0.4, 0.5) is 5.69 Å². The second-order valence-corrected chi connectivity index (χ2v) is 29.5. The Morgan fingerprint density at radius 1 is 0.230 bits per heavy atom. The number of hydrogen-bond donors (Lipinski definition) is 0. The second-order valence-electron chi connectivity index (χ2n) is 29.5. The number of nitrogens with zero attached hydrogens (tertiary/aromatic N) is 1. The van der Waals surface area contributed by atoms with Gasteiger partial charge in [0.15, 0.2) is 11.4 Å². The van der Waals surface area contributed by atoms with Crippen LogP contribution < -0.4 is 18.4 Å². The maximum atomic E-state index is 8.02. The van der Waals surface area contributed by atoms with Gasteiger partial charge in [0.2, 0.25) is 0 Å². The second kappa shape index (κ2) is 31.2. The number of unbranched alkanes of at least 4 members (excludes halogenated alkanes) is 22. The summed E-state index contributed by atoms with van der Waals surface area (Å²) in [7, 11) is 1.27. The molecule has 15 aromatic rings. The molecule has 0 fully saturated rings. The monoisotopic (exact) mass is 1310 g/mol. The topological polar surface area (TPSA) is 27.7 Å². The highest BCUT2D eigenvalue weighted by Gasteiger charge is 2.38. The lowest BCUT2D eigenvalue weighted by Crippen LogP contribution is -2.47. The van der Waals surface area contributed by atoms with Crippen molar-refractivity contribution in [1.82, 2.24) is 4.48 Å². The maximum absolute atomic E-state index is 8.02. The minimum Gasteiger partial charge on any atom is -0.489 e. The Labute approximate surface area is 593 Å². The van der Waals surface area contributed by atoms with Gasteiger partial charge in [0.25, 0.3) is 0 Å². The minimum atomic E-state index is -1.24. The van der Waals surface area contributed by atoms with E-state index in [0.29, 0.717) is 11.5 Å². The van der Waals surface area contributed by atoms with Gasteiger partial charge in [-0.15, -0.1) is 0 Å². The number of fused-ring (bicyclic) bond motifs is 15. The zero-order chi connectivity index (χ0) is 67.6. The zero-order valence-corrected chi connectivity index (χ0v) is 59.6. The minimum absolute atomic E-state index is 0.695. The molecule has 0 aliphatic heterocycles. The molecule has 0 aromatic heterocycles. The summed E-state index contributed by atoms with van der Waals surface area (Å²) in [5.41, 5.74) is 1.17.